The minimum Gasteiger partial charge on any atom is -0.442 e. The quantitative estimate of drug-likeness (QED) is 0.927. The van der Waals surface area contributed by atoms with Crippen LogP contribution in [0.4, 0.5) is 0 Å². The van der Waals surface area contributed by atoms with Crippen molar-refractivity contribution in [2.75, 3.05) is 0 Å². The lowest BCUT2D eigenvalue weighted by atomic mass is 10.1. The lowest BCUT2D eigenvalue weighted by Crippen LogP contribution is -2.35. The number of hydrogen-bond donors (Lipinski definition) is 1. The van der Waals surface area contributed by atoms with Crippen LogP contribution < -0.4 is 5.32 Å². The van der Waals surface area contributed by atoms with Crippen molar-refractivity contribution in [1.29, 1.82) is 0 Å². The van der Waals surface area contributed by atoms with Crippen molar-refractivity contribution in [1.82, 2.24) is 10.3 Å². The average molecular weight is 276 g/mol. The number of fused-ring (bicyclic) bond motifs is 1. The van der Waals surface area contributed by atoms with Crippen molar-refractivity contribution in [3.63, 3.8) is 0 Å². The van der Waals surface area contributed by atoms with Gasteiger partial charge in [-0.05, 0) is 51.7 Å². The Labute approximate surface area is 118 Å². The Bertz CT molecular complexity index is 556. The van der Waals surface area contributed by atoms with Crippen LogP contribution >= 0.6 is 11.3 Å². The SMILES string of the molecule is CC(C)(C)NCc1ncoc1-c1cc2c(s1)CCC2. The molecule has 0 aliphatic heterocycles. The first kappa shape index (κ1) is 12.9. The number of hydrogen-bond acceptors (Lipinski definition) is 4. The number of nitrogens with one attached hydrogen (secondary N) is 1. The zero-order valence-electron chi connectivity index (χ0n) is 11.7. The van der Waals surface area contributed by atoms with Crippen LogP contribution in [0.5, 0.6) is 0 Å². The van der Waals surface area contributed by atoms with Gasteiger partial charge in [-0.25, -0.2) is 4.98 Å². The number of thiophene rings is 1. The van der Waals surface area contributed by atoms with E-state index in [-0.39, 0.29) is 5.54 Å². The molecule has 0 amide bonds. The fourth-order valence-corrected chi connectivity index (χ4v) is 3.65. The second-order valence-electron chi connectivity index (χ2n) is 6.14. The van der Waals surface area contributed by atoms with E-state index < -0.39 is 0 Å². The molecule has 0 saturated heterocycles. The minimum atomic E-state index is 0.0907. The molecule has 0 spiro atoms. The Morgan fingerprint density at radius 1 is 1.37 bits per heavy atom. The molecular weight excluding hydrogens is 256 g/mol. The molecule has 2 aromatic heterocycles. The van der Waals surface area contributed by atoms with Gasteiger partial charge in [0, 0.05) is 17.0 Å². The molecule has 0 radical (unpaired) electrons. The molecule has 2 heterocycles. The van der Waals surface area contributed by atoms with Gasteiger partial charge in [-0.3, -0.25) is 0 Å². The molecule has 0 atom stereocenters. The lowest BCUT2D eigenvalue weighted by Gasteiger charge is -2.19. The topological polar surface area (TPSA) is 38.1 Å². The average Bonchev–Trinajstić information content (AvgIpc) is 2.99. The van der Waals surface area contributed by atoms with Crippen molar-refractivity contribution >= 4 is 11.3 Å². The van der Waals surface area contributed by atoms with Crippen LogP contribution in [0.1, 0.15) is 43.3 Å². The van der Waals surface area contributed by atoms with Crippen molar-refractivity contribution in [3.8, 4) is 10.6 Å². The first-order valence-corrected chi connectivity index (χ1v) is 7.64. The van der Waals surface area contributed by atoms with Gasteiger partial charge in [-0.1, -0.05) is 0 Å². The highest BCUT2D eigenvalue weighted by Gasteiger charge is 2.20. The van der Waals surface area contributed by atoms with Crippen molar-refractivity contribution in [2.24, 2.45) is 0 Å². The van der Waals surface area contributed by atoms with Crippen LogP contribution in [0.15, 0.2) is 16.9 Å². The van der Waals surface area contributed by atoms with Gasteiger partial charge in [0.1, 0.15) is 5.69 Å². The first-order chi connectivity index (χ1) is 9.03. The van der Waals surface area contributed by atoms with Crippen LogP contribution in [0.3, 0.4) is 0 Å². The number of aromatic nitrogens is 1. The summed E-state index contributed by atoms with van der Waals surface area (Å²) in [5.74, 6) is 0.941. The Kier molecular flexibility index (Phi) is 3.23. The number of rotatable bonds is 3. The predicted octanol–water partition coefficient (Wildman–Crippen LogP) is 3.78. The highest BCUT2D eigenvalue weighted by atomic mass is 32.1. The highest BCUT2D eigenvalue weighted by molar-refractivity contribution is 7.15. The third kappa shape index (κ3) is 2.74. The van der Waals surface area contributed by atoms with Gasteiger partial charge >= 0.3 is 0 Å². The van der Waals surface area contributed by atoms with E-state index in [1.54, 1.807) is 6.39 Å². The molecule has 1 N–H and O–H groups in total. The molecule has 2 aromatic rings. The largest absolute Gasteiger partial charge is 0.442 e. The lowest BCUT2D eigenvalue weighted by molar-refractivity contribution is 0.421. The minimum absolute atomic E-state index is 0.0907. The van der Waals surface area contributed by atoms with Crippen molar-refractivity contribution in [3.05, 3.63) is 28.6 Å². The van der Waals surface area contributed by atoms with E-state index in [0.717, 1.165) is 18.0 Å². The Morgan fingerprint density at radius 3 is 2.95 bits per heavy atom. The van der Waals surface area contributed by atoms with Crippen LogP contribution in [-0.4, -0.2) is 10.5 Å². The third-order valence-corrected chi connectivity index (χ3v) is 4.63. The van der Waals surface area contributed by atoms with Crippen LogP contribution in [0.2, 0.25) is 0 Å². The summed E-state index contributed by atoms with van der Waals surface area (Å²) in [6.07, 6.45) is 5.30. The van der Waals surface area contributed by atoms with Gasteiger partial charge < -0.3 is 9.73 Å². The van der Waals surface area contributed by atoms with Gasteiger partial charge in [0.15, 0.2) is 12.2 Å². The molecule has 1 aliphatic rings. The number of oxazole rings is 1. The molecule has 3 nitrogen and oxygen atoms in total. The van der Waals surface area contributed by atoms with E-state index in [0.29, 0.717) is 0 Å². The maximum absolute atomic E-state index is 5.61. The second-order valence-corrected chi connectivity index (χ2v) is 7.28. The van der Waals surface area contributed by atoms with Gasteiger partial charge in [0.25, 0.3) is 0 Å². The van der Waals surface area contributed by atoms with Gasteiger partial charge in [0.2, 0.25) is 0 Å². The normalized spacial score (nSPS) is 14.9. The van der Waals surface area contributed by atoms with E-state index in [1.807, 2.05) is 11.3 Å². The molecule has 0 fully saturated rings. The molecular formula is C15H20N2OS. The summed E-state index contributed by atoms with van der Waals surface area (Å²) >= 11 is 1.87. The molecule has 4 heteroatoms. The van der Waals surface area contributed by atoms with E-state index in [4.69, 9.17) is 4.42 Å². The fourth-order valence-electron chi connectivity index (χ4n) is 2.39. The van der Waals surface area contributed by atoms with Crippen molar-refractivity contribution in [2.45, 2.75) is 52.1 Å². The zero-order valence-corrected chi connectivity index (χ0v) is 12.6. The highest BCUT2D eigenvalue weighted by Crippen LogP contribution is 2.37. The smallest absolute Gasteiger partial charge is 0.181 e. The second kappa shape index (κ2) is 4.76. The molecule has 19 heavy (non-hydrogen) atoms. The number of nitrogens with zero attached hydrogens (tertiary/aromatic N) is 1. The molecule has 3 rings (SSSR count). The van der Waals surface area contributed by atoms with Gasteiger partial charge in [-0.15, -0.1) is 11.3 Å². The summed E-state index contributed by atoms with van der Waals surface area (Å²) in [6.45, 7) is 7.23. The summed E-state index contributed by atoms with van der Waals surface area (Å²) in [5.41, 5.74) is 2.61. The van der Waals surface area contributed by atoms with Crippen molar-refractivity contribution < 1.29 is 4.42 Å². The molecule has 102 valence electrons. The summed E-state index contributed by atoms with van der Waals surface area (Å²) in [5, 5.41) is 3.47. The van der Waals surface area contributed by atoms with Crippen LogP contribution in [0.25, 0.3) is 10.6 Å². The van der Waals surface area contributed by atoms with Gasteiger partial charge in [0.05, 0.1) is 4.88 Å². The summed E-state index contributed by atoms with van der Waals surface area (Å²) in [7, 11) is 0. The first-order valence-electron chi connectivity index (χ1n) is 6.82. The van der Waals surface area contributed by atoms with E-state index >= 15 is 0 Å². The predicted molar refractivity (Wildman–Crippen MR) is 78.4 cm³/mol. The summed E-state index contributed by atoms with van der Waals surface area (Å²) in [6, 6.07) is 2.29. The molecule has 0 aromatic carbocycles. The Balaban J connectivity index is 1.83. The van der Waals surface area contributed by atoms with Crippen LogP contribution in [0, 0.1) is 0 Å². The molecule has 0 saturated carbocycles. The van der Waals surface area contributed by atoms with Gasteiger partial charge in [-0.2, -0.15) is 0 Å². The third-order valence-electron chi connectivity index (χ3n) is 3.40. The maximum atomic E-state index is 5.61. The van der Waals surface area contributed by atoms with E-state index in [2.05, 4.69) is 37.1 Å². The Hall–Kier alpha value is -1.13. The van der Waals surface area contributed by atoms with Crippen LogP contribution in [-0.2, 0) is 19.4 Å². The molecule has 0 unspecified atom stereocenters. The zero-order chi connectivity index (χ0) is 13.5. The monoisotopic (exact) mass is 276 g/mol. The molecule has 0 bridgehead atoms. The molecule has 1 aliphatic carbocycles. The summed E-state index contributed by atoms with van der Waals surface area (Å²) < 4.78 is 5.61. The standard InChI is InChI=1S/C15H20N2OS/c1-15(2,3)17-8-11-14(18-9-16-11)13-7-10-5-4-6-12(10)19-13/h7,9,17H,4-6,8H2,1-3H3. The Morgan fingerprint density at radius 2 is 2.21 bits per heavy atom. The number of aryl methyl sites for hydroxylation is 2. The van der Waals surface area contributed by atoms with E-state index in [1.165, 1.54) is 34.6 Å². The van der Waals surface area contributed by atoms with E-state index in [9.17, 15) is 0 Å². The summed E-state index contributed by atoms with van der Waals surface area (Å²) in [4.78, 5) is 7.11. The fraction of sp³-hybridized carbons (Fsp3) is 0.533. The maximum Gasteiger partial charge on any atom is 0.181 e.